The van der Waals surface area contributed by atoms with E-state index in [2.05, 4.69) is 5.16 Å². The molecular weight excluding hydrogens is 244 g/mol. The molecule has 1 aromatic carbocycles. The van der Waals surface area contributed by atoms with E-state index in [0.717, 1.165) is 22.6 Å². The fraction of sp³-hybridized carbons (Fsp3) is 0.357. The highest BCUT2D eigenvalue weighted by molar-refractivity contribution is 5.76. The molecule has 1 heterocycles. The fourth-order valence-corrected chi connectivity index (χ4v) is 1.91. The molecule has 102 valence electrons. The SMILES string of the molecule is CCOCCc1onc(N)c1-c1cccc(OC)c1. The van der Waals surface area contributed by atoms with Crippen LogP contribution in [-0.2, 0) is 11.2 Å². The first-order chi connectivity index (χ1) is 9.26. The number of benzene rings is 1. The fourth-order valence-electron chi connectivity index (χ4n) is 1.91. The second-order valence-electron chi connectivity index (χ2n) is 4.04. The second-order valence-corrected chi connectivity index (χ2v) is 4.04. The third-order valence-electron chi connectivity index (χ3n) is 2.83. The van der Waals surface area contributed by atoms with Gasteiger partial charge in [0.15, 0.2) is 5.82 Å². The van der Waals surface area contributed by atoms with Crippen molar-refractivity contribution in [1.82, 2.24) is 5.16 Å². The van der Waals surface area contributed by atoms with Crippen LogP contribution < -0.4 is 10.5 Å². The van der Waals surface area contributed by atoms with Crippen molar-refractivity contribution in [1.29, 1.82) is 0 Å². The highest BCUT2D eigenvalue weighted by atomic mass is 16.5. The van der Waals surface area contributed by atoms with Crippen molar-refractivity contribution in [2.45, 2.75) is 13.3 Å². The van der Waals surface area contributed by atoms with Crippen LogP contribution in [0.3, 0.4) is 0 Å². The maximum Gasteiger partial charge on any atom is 0.175 e. The van der Waals surface area contributed by atoms with Crippen LogP contribution in [0.15, 0.2) is 28.8 Å². The van der Waals surface area contributed by atoms with Gasteiger partial charge in [-0.15, -0.1) is 0 Å². The third-order valence-corrected chi connectivity index (χ3v) is 2.83. The molecule has 2 rings (SSSR count). The molecule has 0 unspecified atom stereocenters. The van der Waals surface area contributed by atoms with Crippen LogP contribution in [-0.4, -0.2) is 25.5 Å². The predicted octanol–water partition coefficient (Wildman–Crippen LogP) is 2.51. The van der Waals surface area contributed by atoms with E-state index >= 15 is 0 Å². The zero-order chi connectivity index (χ0) is 13.7. The molecule has 5 nitrogen and oxygen atoms in total. The summed E-state index contributed by atoms with van der Waals surface area (Å²) in [7, 11) is 1.63. The summed E-state index contributed by atoms with van der Waals surface area (Å²) in [5, 5.41) is 3.83. The lowest BCUT2D eigenvalue weighted by atomic mass is 10.0. The zero-order valence-electron chi connectivity index (χ0n) is 11.2. The zero-order valence-corrected chi connectivity index (χ0v) is 11.2. The number of hydrogen-bond donors (Lipinski definition) is 1. The second kappa shape index (κ2) is 6.24. The number of rotatable bonds is 6. The molecule has 0 bridgehead atoms. The molecule has 2 N–H and O–H groups in total. The van der Waals surface area contributed by atoms with Crippen molar-refractivity contribution >= 4 is 5.82 Å². The summed E-state index contributed by atoms with van der Waals surface area (Å²) in [5.74, 6) is 1.90. The molecule has 0 aliphatic heterocycles. The monoisotopic (exact) mass is 262 g/mol. The van der Waals surface area contributed by atoms with E-state index in [1.807, 2.05) is 31.2 Å². The lowest BCUT2D eigenvalue weighted by Crippen LogP contribution is -1.98. The van der Waals surface area contributed by atoms with Gasteiger partial charge in [-0.2, -0.15) is 0 Å². The summed E-state index contributed by atoms with van der Waals surface area (Å²) in [6, 6.07) is 7.66. The summed E-state index contributed by atoms with van der Waals surface area (Å²) >= 11 is 0. The number of nitrogens with two attached hydrogens (primary N) is 1. The lowest BCUT2D eigenvalue weighted by Gasteiger charge is -2.05. The molecule has 0 saturated carbocycles. The first-order valence-corrected chi connectivity index (χ1v) is 6.22. The topological polar surface area (TPSA) is 70.5 Å². The van der Waals surface area contributed by atoms with Gasteiger partial charge in [-0.3, -0.25) is 0 Å². The van der Waals surface area contributed by atoms with E-state index in [4.69, 9.17) is 19.7 Å². The average molecular weight is 262 g/mol. The van der Waals surface area contributed by atoms with Crippen molar-refractivity contribution in [2.75, 3.05) is 26.1 Å². The molecule has 0 aliphatic carbocycles. The first kappa shape index (κ1) is 13.4. The van der Waals surface area contributed by atoms with Gasteiger partial charge in [0.2, 0.25) is 0 Å². The molecule has 0 spiro atoms. The summed E-state index contributed by atoms with van der Waals surface area (Å²) in [6.45, 7) is 3.22. The first-order valence-electron chi connectivity index (χ1n) is 6.22. The van der Waals surface area contributed by atoms with Crippen LogP contribution in [0.1, 0.15) is 12.7 Å². The minimum Gasteiger partial charge on any atom is -0.497 e. The van der Waals surface area contributed by atoms with Crippen molar-refractivity contribution in [3.8, 4) is 16.9 Å². The minimum atomic E-state index is 0.389. The third kappa shape index (κ3) is 3.06. The molecule has 19 heavy (non-hydrogen) atoms. The summed E-state index contributed by atoms with van der Waals surface area (Å²) in [6.07, 6.45) is 0.643. The van der Waals surface area contributed by atoms with E-state index in [1.54, 1.807) is 7.11 Å². The van der Waals surface area contributed by atoms with Crippen molar-refractivity contribution in [3.05, 3.63) is 30.0 Å². The van der Waals surface area contributed by atoms with Crippen LogP contribution in [0, 0.1) is 0 Å². The van der Waals surface area contributed by atoms with Crippen molar-refractivity contribution < 1.29 is 14.0 Å². The van der Waals surface area contributed by atoms with Crippen molar-refractivity contribution in [3.63, 3.8) is 0 Å². The number of anilines is 1. The van der Waals surface area contributed by atoms with Crippen LogP contribution in [0.2, 0.25) is 0 Å². The summed E-state index contributed by atoms with van der Waals surface area (Å²) in [5.41, 5.74) is 7.64. The van der Waals surface area contributed by atoms with Gasteiger partial charge in [0.1, 0.15) is 11.5 Å². The number of hydrogen-bond acceptors (Lipinski definition) is 5. The van der Waals surface area contributed by atoms with E-state index in [1.165, 1.54) is 0 Å². The standard InChI is InChI=1S/C14H18N2O3/c1-3-18-8-7-12-13(14(15)16-19-12)10-5-4-6-11(9-10)17-2/h4-6,9H,3,7-8H2,1-2H3,(H2,15,16). The Balaban J connectivity index is 2.29. The largest absolute Gasteiger partial charge is 0.497 e. The lowest BCUT2D eigenvalue weighted by molar-refractivity contribution is 0.145. The van der Waals surface area contributed by atoms with E-state index in [-0.39, 0.29) is 0 Å². The molecule has 0 amide bonds. The summed E-state index contributed by atoms with van der Waals surface area (Å²) in [4.78, 5) is 0. The Morgan fingerprint density at radius 1 is 1.37 bits per heavy atom. The molecule has 0 saturated heterocycles. The Labute approximate surface area is 112 Å². The van der Waals surface area contributed by atoms with Crippen LogP contribution >= 0.6 is 0 Å². The van der Waals surface area contributed by atoms with E-state index in [0.29, 0.717) is 25.5 Å². The molecule has 2 aromatic rings. The number of aromatic nitrogens is 1. The number of ether oxygens (including phenoxy) is 2. The molecule has 5 heteroatoms. The smallest absolute Gasteiger partial charge is 0.175 e. The molecule has 0 radical (unpaired) electrons. The Hall–Kier alpha value is -2.01. The van der Waals surface area contributed by atoms with Crippen molar-refractivity contribution in [2.24, 2.45) is 0 Å². The van der Waals surface area contributed by atoms with Gasteiger partial charge in [0.05, 0.1) is 19.3 Å². The van der Waals surface area contributed by atoms with Crippen LogP contribution in [0.4, 0.5) is 5.82 Å². The minimum absolute atomic E-state index is 0.389. The average Bonchev–Trinajstić information content (AvgIpc) is 2.80. The molecular formula is C14H18N2O3. The highest BCUT2D eigenvalue weighted by Gasteiger charge is 2.16. The van der Waals surface area contributed by atoms with Gasteiger partial charge in [-0.25, -0.2) is 0 Å². The molecule has 0 fully saturated rings. The van der Waals surface area contributed by atoms with Gasteiger partial charge in [0, 0.05) is 13.0 Å². The van der Waals surface area contributed by atoms with Gasteiger partial charge in [-0.1, -0.05) is 17.3 Å². The Bertz CT molecular complexity index is 537. The Morgan fingerprint density at radius 3 is 2.95 bits per heavy atom. The number of methoxy groups -OCH3 is 1. The normalized spacial score (nSPS) is 10.6. The number of nitrogens with zero attached hydrogens (tertiary/aromatic N) is 1. The quantitative estimate of drug-likeness (QED) is 0.810. The Morgan fingerprint density at radius 2 is 2.21 bits per heavy atom. The highest BCUT2D eigenvalue weighted by Crippen LogP contribution is 2.31. The maximum atomic E-state index is 5.88. The predicted molar refractivity (Wildman–Crippen MR) is 73.1 cm³/mol. The van der Waals surface area contributed by atoms with Crippen LogP contribution in [0.5, 0.6) is 5.75 Å². The van der Waals surface area contributed by atoms with E-state index in [9.17, 15) is 0 Å². The van der Waals surface area contributed by atoms with E-state index < -0.39 is 0 Å². The van der Waals surface area contributed by atoms with Gasteiger partial charge >= 0.3 is 0 Å². The number of nitrogen functional groups attached to an aromatic ring is 1. The molecule has 1 aromatic heterocycles. The molecule has 0 atom stereocenters. The molecule has 0 aliphatic rings. The van der Waals surface area contributed by atoms with Gasteiger partial charge in [0.25, 0.3) is 0 Å². The van der Waals surface area contributed by atoms with Gasteiger partial charge < -0.3 is 19.7 Å². The summed E-state index contributed by atoms with van der Waals surface area (Å²) < 4.78 is 15.8. The maximum absolute atomic E-state index is 5.88. The van der Waals surface area contributed by atoms with Gasteiger partial charge in [-0.05, 0) is 24.6 Å². The van der Waals surface area contributed by atoms with Crippen LogP contribution in [0.25, 0.3) is 11.1 Å². The Kier molecular flexibility index (Phi) is 4.41.